The van der Waals surface area contributed by atoms with Gasteiger partial charge in [-0.05, 0) is 27.9 Å². The Morgan fingerprint density at radius 3 is 2.07 bits per heavy atom. The number of nitrogens with zero attached hydrogens (tertiary/aromatic N) is 3. The van der Waals surface area contributed by atoms with Gasteiger partial charge in [-0.15, -0.1) is 0 Å². The molecular weight excluding hydrogens is 174 g/mol. The lowest BCUT2D eigenvalue weighted by atomic mass is 10.2. The molecule has 14 heavy (non-hydrogen) atoms. The van der Waals surface area contributed by atoms with E-state index in [4.69, 9.17) is 0 Å². The summed E-state index contributed by atoms with van der Waals surface area (Å²) in [5, 5.41) is 0. The van der Waals surface area contributed by atoms with Gasteiger partial charge < -0.3 is 4.90 Å². The van der Waals surface area contributed by atoms with Gasteiger partial charge in [0.1, 0.15) is 0 Å². The maximum Gasteiger partial charge on any atom is 0.0113 e. The van der Waals surface area contributed by atoms with E-state index < -0.39 is 0 Å². The lowest BCUT2D eigenvalue weighted by Crippen LogP contribution is -2.50. The highest BCUT2D eigenvalue weighted by Crippen LogP contribution is 2.05. The van der Waals surface area contributed by atoms with E-state index >= 15 is 0 Å². The van der Waals surface area contributed by atoms with Crippen LogP contribution in [0.4, 0.5) is 0 Å². The molecule has 1 saturated heterocycles. The Balaban J connectivity index is 2.16. The fourth-order valence-corrected chi connectivity index (χ4v) is 1.84. The fraction of sp³-hybridized carbons (Fsp3) is 1.00. The average molecular weight is 199 g/mol. The molecule has 1 aliphatic rings. The van der Waals surface area contributed by atoms with Crippen molar-refractivity contribution in [1.29, 1.82) is 0 Å². The Bertz CT molecular complexity index is 149. The van der Waals surface area contributed by atoms with Gasteiger partial charge in [-0.25, -0.2) is 0 Å². The van der Waals surface area contributed by atoms with E-state index in [9.17, 15) is 0 Å². The van der Waals surface area contributed by atoms with Crippen LogP contribution < -0.4 is 0 Å². The maximum absolute atomic E-state index is 2.57. The number of hydrogen-bond acceptors (Lipinski definition) is 3. The monoisotopic (exact) mass is 199 g/mol. The molecular formula is C11H25N3. The van der Waals surface area contributed by atoms with Gasteiger partial charge in [-0.3, -0.25) is 9.80 Å². The van der Waals surface area contributed by atoms with Crippen molar-refractivity contribution >= 4 is 0 Å². The third kappa shape index (κ3) is 3.95. The van der Waals surface area contributed by atoms with Gasteiger partial charge in [0, 0.05) is 45.3 Å². The maximum atomic E-state index is 2.57. The second kappa shape index (κ2) is 5.69. The molecule has 0 aromatic heterocycles. The first-order chi connectivity index (χ1) is 6.59. The van der Waals surface area contributed by atoms with Gasteiger partial charge in [0.25, 0.3) is 0 Å². The molecule has 84 valence electrons. The molecule has 0 radical (unpaired) electrons. The van der Waals surface area contributed by atoms with Crippen LogP contribution in [0, 0.1) is 0 Å². The third-order valence-electron chi connectivity index (χ3n) is 3.00. The Morgan fingerprint density at radius 2 is 1.64 bits per heavy atom. The van der Waals surface area contributed by atoms with Crippen LogP contribution in [-0.4, -0.2) is 74.1 Å². The summed E-state index contributed by atoms with van der Waals surface area (Å²) in [5.41, 5.74) is 0. The molecule has 1 heterocycles. The van der Waals surface area contributed by atoms with Crippen LogP contribution in [0.25, 0.3) is 0 Å². The quantitative estimate of drug-likeness (QED) is 0.655. The van der Waals surface area contributed by atoms with Crippen LogP contribution in [0.2, 0.25) is 0 Å². The van der Waals surface area contributed by atoms with Crippen LogP contribution in [-0.2, 0) is 0 Å². The summed E-state index contributed by atoms with van der Waals surface area (Å²) in [6, 6.07) is 0.714. The molecule has 0 amide bonds. The number of likely N-dealkylation sites (N-methyl/N-ethyl adjacent to an activating group) is 1. The van der Waals surface area contributed by atoms with E-state index in [0.717, 1.165) is 0 Å². The van der Waals surface area contributed by atoms with E-state index in [1.54, 1.807) is 0 Å². The van der Waals surface area contributed by atoms with Crippen molar-refractivity contribution < 1.29 is 0 Å². The summed E-state index contributed by atoms with van der Waals surface area (Å²) in [7, 11) is 4.29. The molecule has 0 atom stereocenters. The van der Waals surface area contributed by atoms with Crippen LogP contribution in [0.5, 0.6) is 0 Å². The van der Waals surface area contributed by atoms with Crippen molar-refractivity contribution in [3.63, 3.8) is 0 Å². The lowest BCUT2D eigenvalue weighted by Gasteiger charge is -2.37. The summed E-state index contributed by atoms with van der Waals surface area (Å²) < 4.78 is 0. The molecule has 0 aromatic rings. The Hall–Kier alpha value is -0.120. The SMILES string of the molecule is CC(C)N1CCN(CCN(C)C)CC1. The number of rotatable bonds is 4. The molecule has 0 N–H and O–H groups in total. The van der Waals surface area contributed by atoms with E-state index in [1.165, 1.54) is 39.3 Å². The summed E-state index contributed by atoms with van der Waals surface area (Å²) in [6.45, 7) is 11.9. The van der Waals surface area contributed by atoms with Gasteiger partial charge in [0.2, 0.25) is 0 Å². The molecule has 1 rings (SSSR count). The Morgan fingerprint density at radius 1 is 1.07 bits per heavy atom. The van der Waals surface area contributed by atoms with Crippen LogP contribution in [0.3, 0.4) is 0 Å². The largest absolute Gasteiger partial charge is 0.308 e. The summed E-state index contributed by atoms with van der Waals surface area (Å²) in [5.74, 6) is 0. The molecule has 0 aliphatic carbocycles. The zero-order valence-electron chi connectivity index (χ0n) is 10.2. The first-order valence-corrected chi connectivity index (χ1v) is 5.70. The topological polar surface area (TPSA) is 9.72 Å². The smallest absolute Gasteiger partial charge is 0.0113 e. The van der Waals surface area contributed by atoms with Crippen molar-refractivity contribution in [1.82, 2.24) is 14.7 Å². The van der Waals surface area contributed by atoms with Crippen LogP contribution in [0.1, 0.15) is 13.8 Å². The number of piperazine rings is 1. The second-order valence-electron chi connectivity index (χ2n) is 4.77. The zero-order valence-corrected chi connectivity index (χ0v) is 10.2. The van der Waals surface area contributed by atoms with Crippen LogP contribution >= 0.6 is 0 Å². The molecule has 3 heteroatoms. The second-order valence-corrected chi connectivity index (χ2v) is 4.77. The minimum atomic E-state index is 0.714. The molecule has 1 fully saturated rings. The Labute approximate surface area is 88.7 Å². The van der Waals surface area contributed by atoms with Gasteiger partial charge in [-0.1, -0.05) is 0 Å². The minimum Gasteiger partial charge on any atom is -0.308 e. The lowest BCUT2D eigenvalue weighted by molar-refractivity contribution is 0.103. The molecule has 0 aromatic carbocycles. The minimum absolute atomic E-state index is 0.714. The highest BCUT2D eigenvalue weighted by molar-refractivity contribution is 4.74. The van der Waals surface area contributed by atoms with Crippen molar-refractivity contribution in [2.75, 3.05) is 53.4 Å². The van der Waals surface area contributed by atoms with E-state index in [1.807, 2.05) is 0 Å². The molecule has 0 saturated carbocycles. The summed E-state index contributed by atoms with van der Waals surface area (Å²) in [6.07, 6.45) is 0. The average Bonchev–Trinajstić information content (AvgIpc) is 2.15. The normalized spacial score (nSPS) is 21.0. The van der Waals surface area contributed by atoms with Gasteiger partial charge in [-0.2, -0.15) is 0 Å². The van der Waals surface area contributed by atoms with Gasteiger partial charge >= 0.3 is 0 Å². The van der Waals surface area contributed by atoms with E-state index in [0.29, 0.717) is 6.04 Å². The summed E-state index contributed by atoms with van der Waals surface area (Å²) >= 11 is 0. The highest BCUT2D eigenvalue weighted by atomic mass is 15.3. The molecule has 0 spiro atoms. The highest BCUT2D eigenvalue weighted by Gasteiger charge is 2.17. The van der Waals surface area contributed by atoms with Crippen LogP contribution in [0.15, 0.2) is 0 Å². The predicted octanol–water partition coefficient (Wildman–Crippen LogP) is 0.574. The van der Waals surface area contributed by atoms with Crippen molar-refractivity contribution in [2.24, 2.45) is 0 Å². The van der Waals surface area contributed by atoms with Gasteiger partial charge in [0.05, 0.1) is 0 Å². The first-order valence-electron chi connectivity index (χ1n) is 5.70. The fourth-order valence-electron chi connectivity index (χ4n) is 1.84. The van der Waals surface area contributed by atoms with E-state index in [2.05, 4.69) is 42.6 Å². The van der Waals surface area contributed by atoms with E-state index in [-0.39, 0.29) is 0 Å². The third-order valence-corrected chi connectivity index (χ3v) is 3.00. The molecule has 3 nitrogen and oxygen atoms in total. The van der Waals surface area contributed by atoms with Crippen molar-refractivity contribution in [3.8, 4) is 0 Å². The van der Waals surface area contributed by atoms with Crippen molar-refractivity contribution in [3.05, 3.63) is 0 Å². The number of hydrogen-bond donors (Lipinski definition) is 0. The first kappa shape index (κ1) is 12.0. The molecule has 0 unspecified atom stereocenters. The van der Waals surface area contributed by atoms with Crippen molar-refractivity contribution in [2.45, 2.75) is 19.9 Å². The standard InChI is InChI=1S/C11H25N3/c1-11(2)14-9-7-13(8-10-14)6-5-12(3)4/h11H,5-10H2,1-4H3. The van der Waals surface area contributed by atoms with Gasteiger partial charge in [0.15, 0.2) is 0 Å². The zero-order chi connectivity index (χ0) is 10.6. The molecule has 0 bridgehead atoms. The molecule has 1 aliphatic heterocycles. The predicted molar refractivity (Wildman–Crippen MR) is 61.7 cm³/mol. The summed E-state index contributed by atoms with van der Waals surface area (Å²) in [4.78, 5) is 7.39. The Kier molecular flexibility index (Phi) is 4.85.